The van der Waals surface area contributed by atoms with E-state index in [0.717, 1.165) is 30.5 Å². The zero-order valence-electron chi connectivity index (χ0n) is 14.9. The fourth-order valence-corrected chi connectivity index (χ4v) is 3.70. The molecule has 0 saturated heterocycles. The van der Waals surface area contributed by atoms with Crippen molar-refractivity contribution in [2.45, 2.75) is 32.0 Å². The molecule has 3 rings (SSSR count). The standard InChI is InChI=1S/C21H21ClF3NO/c1-2-10-26-11-9-18(27)19-14-5-3-4-6-16(14)20(22)17-12-13(21(23,24)25)7-8-15(17)19/h3-8,12,18,26-27H,2,9-11H2,1H3. The van der Waals surface area contributed by atoms with Gasteiger partial charge in [0.2, 0.25) is 0 Å². The van der Waals surface area contributed by atoms with Crippen LogP contribution in [0.25, 0.3) is 21.5 Å². The molecule has 6 heteroatoms. The van der Waals surface area contributed by atoms with Crippen molar-refractivity contribution in [2.75, 3.05) is 13.1 Å². The molecule has 144 valence electrons. The molecule has 2 N–H and O–H groups in total. The van der Waals surface area contributed by atoms with Gasteiger partial charge in [0.05, 0.1) is 16.7 Å². The number of aliphatic hydroxyl groups excluding tert-OH is 1. The summed E-state index contributed by atoms with van der Waals surface area (Å²) in [4.78, 5) is 0. The summed E-state index contributed by atoms with van der Waals surface area (Å²) in [6.07, 6.45) is -3.81. The molecule has 0 fully saturated rings. The lowest BCUT2D eigenvalue weighted by atomic mass is 9.91. The van der Waals surface area contributed by atoms with E-state index >= 15 is 0 Å². The molecule has 1 unspecified atom stereocenters. The summed E-state index contributed by atoms with van der Waals surface area (Å²) >= 11 is 6.46. The molecule has 3 aromatic carbocycles. The van der Waals surface area contributed by atoms with Crippen molar-refractivity contribution in [1.29, 1.82) is 0 Å². The number of hydrogen-bond donors (Lipinski definition) is 2. The molecule has 0 saturated carbocycles. The minimum absolute atomic E-state index is 0.270. The molecule has 0 radical (unpaired) electrons. The van der Waals surface area contributed by atoms with Crippen LogP contribution < -0.4 is 5.32 Å². The van der Waals surface area contributed by atoms with Crippen LogP contribution in [0.5, 0.6) is 0 Å². The second-order valence-corrected chi connectivity index (χ2v) is 6.96. The van der Waals surface area contributed by atoms with Gasteiger partial charge in [0.15, 0.2) is 0 Å². The first-order chi connectivity index (χ1) is 12.8. The highest BCUT2D eigenvalue weighted by atomic mass is 35.5. The SMILES string of the molecule is CCCNCCC(O)c1c2ccccc2c(Cl)c2cc(C(F)(F)F)ccc12. The fraction of sp³-hybridized carbons (Fsp3) is 0.333. The number of halogens is 4. The van der Waals surface area contributed by atoms with Crippen LogP contribution in [0.1, 0.15) is 37.0 Å². The van der Waals surface area contributed by atoms with Gasteiger partial charge in [0.25, 0.3) is 0 Å². The van der Waals surface area contributed by atoms with E-state index in [0.29, 0.717) is 34.7 Å². The number of nitrogens with one attached hydrogen (secondary N) is 1. The van der Waals surface area contributed by atoms with E-state index < -0.39 is 17.8 Å². The van der Waals surface area contributed by atoms with Crippen molar-refractivity contribution >= 4 is 33.1 Å². The van der Waals surface area contributed by atoms with Crippen LogP contribution in [0.15, 0.2) is 42.5 Å². The van der Waals surface area contributed by atoms with Gasteiger partial charge >= 0.3 is 6.18 Å². The Morgan fingerprint density at radius 1 is 1.00 bits per heavy atom. The van der Waals surface area contributed by atoms with Gasteiger partial charge in [-0.05, 0) is 54.4 Å². The van der Waals surface area contributed by atoms with Gasteiger partial charge in [-0.2, -0.15) is 13.2 Å². The van der Waals surface area contributed by atoms with Gasteiger partial charge in [-0.25, -0.2) is 0 Å². The Labute approximate surface area is 160 Å². The lowest BCUT2D eigenvalue weighted by Crippen LogP contribution is -2.18. The van der Waals surface area contributed by atoms with Crippen LogP contribution in [0, 0.1) is 0 Å². The smallest absolute Gasteiger partial charge is 0.388 e. The summed E-state index contributed by atoms with van der Waals surface area (Å²) < 4.78 is 39.5. The second-order valence-electron chi connectivity index (χ2n) is 6.59. The van der Waals surface area contributed by atoms with Crippen molar-refractivity contribution in [2.24, 2.45) is 0 Å². The normalized spacial score (nSPS) is 13.4. The van der Waals surface area contributed by atoms with Crippen LogP contribution >= 0.6 is 11.6 Å². The second kappa shape index (κ2) is 8.05. The minimum Gasteiger partial charge on any atom is -0.388 e. The number of rotatable bonds is 6. The Kier molecular flexibility index (Phi) is 5.94. The van der Waals surface area contributed by atoms with Gasteiger partial charge in [-0.15, -0.1) is 0 Å². The summed E-state index contributed by atoms with van der Waals surface area (Å²) in [5.41, 5.74) is -0.130. The quantitative estimate of drug-likeness (QED) is 0.391. The molecule has 27 heavy (non-hydrogen) atoms. The largest absolute Gasteiger partial charge is 0.416 e. The number of aliphatic hydroxyl groups is 1. The zero-order valence-corrected chi connectivity index (χ0v) is 15.7. The monoisotopic (exact) mass is 395 g/mol. The minimum atomic E-state index is -4.45. The first-order valence-electron chi connectivity index (χ1n) is 8.94. The van der Waals surface area contributed by atoms with Crippen molar-refractivity contribution in [3.8, 4) is 0 Å². The summed E-state index contributed by atoms with van der Waals surface area (Å²) in [5.74, 6) is 0. The highest BCUT2D eigenvalue weighted by Crippen LogP contribution is 2.42. The van der Waals surface area contributed by atoms with E-state index in [9.17, 15) is 18.3 Å². The Morgan fingerprint density at radius 3 is 2.33 bits per heavy atom. The van der Waals surface area contributed by atoms with Crippen LogP contribution in [0.2, 0.25) is 5.02 Å². The van der Waals surface area contributed by atoms with Crippen molar-refractivity contribution in [3.05, 3.63) is 58.6 Å². The lowest BCUT2D eigenvalue weighted by Gasteiger charge is -2.19. The number of hydrogen-bond acceptors (Lipinski definition) is 2. The average molecular weight is 396 g/mol. The van der Waals surface area contributed by atoms with Crippen molar-refractivity contribution in [3.63, 3.8) is 0 Å². The summed E-state index contributed by atoms with van der Waals surface area (Å²) in [6.45, 7) is 3.53. The van der Waals surface area contributed by atoms with Gasteiger partial charge in [-0.3, -0.25) is 0 Å². The van der Waals surface area contributed by atoms with Crippen molar-refractivity contribution < 1.29 is 18.3 Å². The molecule has 0 spiro atoms. The number of fused-ring (bicyclic) bond motifs is 2. The van der Waals surface area contributed by atoms with Crippen LogP contribution in [-0.4, -0.2) is 18.2 Å². The molecule has 1 atom stereocenters. The summed E-state index contributed by atoms with van der Waals surface area (Å²) in [5, 5.41) is 16.6. The molecular formula is C21H21ClF3NO. The molecule has 0 aromatic heterocycles. The van der Waals surface area contributed by atoms with E-state index in [-0.39, 0.29) is 5.02 Å². The van der Waals surface area contributed by atoms with Gasteiger partial charge < -0.3 is 10.4 Å². The molecule has 0 heterocycles. The highest BCUT2D eigenvalue weighted by Gasteiger charge is 2.31. The first kappa shape index (κ1) is 19.9. The zero-order chi connectivity index (χ0) is 19.6. The molecule has 0 aliphatic rings. The Balaban J connectivity index is 2.18. The van der Waals surface area contributed by atoms with E-state index in [1.807, 2.05) is 12.1 Å². The average Bonchev–Trinajstić information content (AvgIpc) is 2.64. The molecule has 0 aliphatic heterocycles. The number of benzene rings is 3. The first-order valence-corrected chi connectivity index (χ1v) is 9.32. The maximum absolute atomic E-state index is 13.2. The predicted molar refractivity (Wildman–Crippen MR) is 104 cm³/mol. The maximum atomic E-state index is 13.2. The number of alkyl halides is 3. The molecule has 2 nitrogen and oxygen atoms in total. The highest BCUT2D eigenvalue weighted by molar-refractivity contribution is 6.41. The van der Waals surface area contributed by atoms with E-state index in [2.05, 4.69) is 12.2 Å². The van der Waals surface area contributed by atoms with Gasteiger partial charge in [0, 0.05) is 10.8 Å². The third-order valence-electron chi connectivity index (χ3n) is 4.68. The predicted octanol–water partition coefficient (Wildman–Crippen LogP) is 6.09. The molecular weight excluding hydrogens is 375 g/mol. The van der Waals surface area contributed by atoms with Crippen molar-refractivity contribution in [1.82, 2.24) is 5.32 Å². The van der Waals surface area contributed by atoms with E-state index in [4.69, 9.17) is 11.6 Å². The Bertz CT molecular complexity index is 955. The van der Waals surface area contributed by atoms with Crippen LogP contribution in [-0.2, 0) is 6.18 Å². The van der Waals surface area contributed by atoms with E-state index in [1.165, 1.54) is 6.07 Å². The topological polar surface area (TPSA) is 32.3 Å². The summed E-state index contributed by atoms with van der Waals surface area (Å²) in [7, 11) is 0. The third kappa shape index (κ3) is 4.05. The Morgan fingerprint density at radius 2 is 1.67 bits per heavy atom. The van der Waals surface area contributed by atoms with E-state index in [1.54, 1.807) is 12.1 Å². The van der Waals surface area contributed by atoms with Crippen LogP contribution in [0.4, 0.5) is 13.2 Å². The molecule has 0 amide bonds. The third-order valence-corrected chi connectivity index (χ3v) is 5.09. The lowest BCUT2D eigenvalue weighted by molar-refractivity contribution is -0.137. The van der Waals surface area contributed by atoms with Crippen LogP contribution in [0.3, 0.4) is 0 Å². The maximum Gasteiger partial charge on any atom is 0.416 e. The van der Waals surface area contributed by atoms with Gasteiger partial charge in [0.1, 0.15) is 0 Å². The molecule has 3 aromatic rings. The summed E-state index contributed by atoms with van der Waals surface area (Å²) in [6, 6.07) is 10.7. The Hall–Kier alpha value is -1.82. The van der Waals surface area contributed by atoms with Gasteiger partial charge in [-0.1, -0.05) is 48.9 Å². The molecule has 0 aliphatic carbocycles. The molecule has 0 bridgehead atoms. The fourth-order valence-electron chi connectivity index (χ4n) is 3.38.